The van der Waals surface area contributed by atoms with Crippen LogP contribution in [0, 0.1) is 5.41 Å². The minimum Gasteiger partial charge on any atom is -0.460 e. The second-order valence-corrected chi connectivity index (χ2v) is 5.61. The van der Waals surface area contributed by atoms with E-state index in [2.05, 4.69) is 21.2 Å². The van der Waals surface area contributed by atoms with E-state index in [9.17, 15) is 4.79 Å². The first kappa shape index (κ1) is 12.6. The molecule has 0 radical (unpaired) electrons. The number of benzene rings is 1. The summed E-state index contributed by atoms with van der Waals surface area (Å²) in [5.41, 5.74) is 0.647. The van der Waals surface area contributed by atoms with Crippen LogP contribution in [0.4, 0.5) is 0 Å². The lowest BCUT2D eigenvalue weighted by molar-refractivity contribution is -0.155. The van der Waals surface area contributed by atoms with Crippen molar-refractivity contribution in [1.29, 1.82) is 0 Å². The molecule has 3 nitrogen and oxygen atoms in total. The van der Waals surface area contributed by atoms with E-state index in [4.69, 9.17) is 4.74 Å². The fourth-order valence-corrected chi connectivity index (χ4v) is 2.39. The standard InChI is InChI=1S/C13H16BrNO2/c1-13(5-6-15-9-13)12(16)17-8-10-3-2-4-11(14)7-10/h2-4,7,15H,5-6,8-9H2,1H3. The molecule has 1 aliphatic heterocycles. The highest BCUT2D eigenvalue weighted by Crippen LogP contribution is 2.26. The molecule has 0 spiro atoms. The molecule has 0 amide bonds. The van der Waals surface area contributed by atoms with Gasteiger partial charge in [-0.25, -0.2) is 0 Å². The summed E-state index contributed by atoms with van der Waals surface area (Å²) in [6.45, 7) is 3.90. The molecule has 0 saturated carbocycles. The average Bonchev–Trinajstić information content (AvgIpc) is 2.74. The lowest BCUT2D eigenvalue weighted by Crippen LogP contribution is -2.31. The molecule has 1 atom stereocenters. The molecular formula is C13H16BrNO2. The van der Waals surface area contributed by atoms with E-state index in [-0.39, 0.29) is 11.4 Å². The number of halogens is 1. The first-order chi connectivity index (χ1) is 8.10. The van der Waals surface area contributed by atoms with Gasteiger partial charge >= 0.3 is 5.97 Å². The van der Waals surface area contributed by atoms with Crippen molar-refractivity contribution in [3.63, 3.8) is 0 Å². The molecule has 0 aromatic heterocycles. The molecule has 1 aromatic rings. The molecule has 1 saturated heterocycles. The van der Waals surface area contributed by atoms with E-state index in [0.717, 1.165) is 23.0 Å². The summed E-state index contributed by atoms with van der Waals surface area (Å²) in [6, 6.07) is 7.80. The Kier molecular flexibility index (Phi) is 3.84. The third-order valence-corrected chi connectivity index (χ3v) is 3.61. The molecule has 1 unspecified atom stereocenters. The molecule has 1 heterocycles. The summed E-state index contributed by atoms with van der Waals surface area (Å²) in [5.74, 6) is -0.109. The molecule has 0 bridgehead atoms. The number of hydrogen-bond acceptors (Lipinski definition) is 3. The third kappa shape index (κ3) is 3.07. The van der Waals surface area contributed by atoms with Gasteiger partial charge in [-0.05, 0) is 37.6 Å². The summed E-state index contributed by atoms with van der Waals surface area (Å²) in [4.78, 5) is 12.0. The summed E-state index contributed by atoms with van der Waals surface area (Å²) >= 11 is 3.40. The van der Waals surface area contributed by atoms with E-state index in [1.54, 1.807) is 0 Å². The van der Waals surface area contributed by atoms with Gasteiger partial charge < -0.3 is 10.1 Å². The molecule has 4 heteroatoms. The Balaban J connectivity index is 1.92. The first-order valence-corrected chi connectivity index (χ1v) is 6.52. The van der Waals surface area contributed by atoms with Crippen LogP contribution in [0.5, 0.6) is 0 Å². The van der Waals surface area contributed by atoms with E-state index < -0.39 is 0 Å². The van der Waals surface area contributed by atoms with Gasteiger partial charge in [0.05, 0.1) is 5.41 Å². The van der Waals surface area contributed by atoms with Crippen LogP contribution in [0.1, 0.15) is 18.9 Å². The molecular weight excluding hydrogens is 282 g/mol. The Hall–Kier alpha value is -0.870. The lowest BCUT2D eigenvalue weighted by atomic mass is 9.90. The molecule has 1 N–H and O–H groups in total. The number of nitrogens with one attached hydrogen (secondary N) is 1. The Labute approximate surface area is 110 Å². The van der Waals surface area contributed by atoms with Crippen molar-refractivity contribution >= 4 is 21.9 Å². The Morgan fingerprint density at radius 2 is 2.41 bits per heavy atom. The predicted molar refractivity (Wildman–Crippen MR) is 69.5 cm³/mol. The first-order valence-electron chi connectivity index (χ1n) is 5.73. The number of carbonyl (C=O) groups is 1. The van der Waals surface area contributed by atoms with Crippen LogP contribution in [0.15, 0.2) is 28.7 Å². The van der Waals surface area contributed by atoms with Gasteiger partial charge in [-0.1, -0.05) is 28.1 Å². The number of carbonyl (C=O) groups excluding carboxylic acids is 1. The molecule has 1 aliphatic rings. The van der Waals surface area contributed by atoms with Crippen molar-refractivity contribution in [3.05, 3.63) is 34.3 Å². The van der Waals surface area contributed by atoms with E-state index in [0.29, 0.717) is 13.2 Å². The van der Waals surface area contributed by atoms with Gasteiger partial charge in [0, 0.05) is 11.0 Å². The maximum absolute atomic E-state index is 12.0. The second-order valence-electron chi connectivity index (χ2n) is 4.69. The average molecular weight is 298 g/mol. The van der Waals surface area contributed by atoms with Crippen molar-refractivity contribution in [1.82, 2.24) is 5.32 Å². The van der Waals surface area contributed by atoms with Crippen LogP contribution < -0.4 is 5.32 Å². The van der Waals surface area contributed by atoms with Gasteiger partial charge in [0.25, 0.3) is 0 Å². The van der Waals surface area contributed by atoms with Crippen LogP contribution in [-0.2, 0) is 16.1 Å². The highest BCUT2D eigenvalue weighted by molar-refractivity contribution is 9.10. The van der Waals surface area contributed by atoms with Crippen LogP contribution in [0.2, 0.25) is 0 Å². The predicted octanol–water partition coefficient (Wildman–Crippen LogP) is 2.49. The fourth-order valence-electron chi connectivity index (χ4n) is 1.94. The van der Waals surface area contributed by atoms with Crippen molar-refractivity contribution in [2.75, 3.05) is 13.1 Å². The number of hydrogen-bond donors (Lipinski definition) is 1. The van der Waals surface area contributed by atoms with Crippen molar-refractivity contribution in [2.24, 2.45) is 5.41 Å². The topological polar surface area (TPSA) is 38.3 Å². The molecule has 1 aromatic carbocycles. The molecule has 0 aliphatic carbocycles. The third-order valence-electron chi connectivity index (χ3n) is 3.12. The molecule has 17 heavy (non-hydrogen) atoms. The quantitative estimate of drug-likeness (QED) is 0.871. The van der Waals surface area contributed by atoms with Crippen molar-refractivity contribution in [3.8, 4) is 0 Å². The van der Waals surface area contributed by atoms with Crippen molar-refractivity contribution < 1.29 is 9.53 Å². The number of ether oxygens (including phenoxy) is 1. The summed E-state index contributed by atoms with van der Waals surface area (Å²) < 4.78 is 6.37. The SMILES string of the molecule is CC1(C(=O)OCc2cccc(Br)c2)CCNC1. The maximum atomic E-state index is 12.0. The van der Waals surface area contributed by atoms with Crippen molar-refractivity contribution in [2.45, 2.75) is 20.0 Å². The molecule has 1 fully saturated rings. The highest BCUT2D eigenvalue weighted by atomic mass is 79.9. The minimum atomic E-state index is -0.355. The van der Waals surface area contributed by atoms with Gasteiger partial charge in [0.1, 0.15) is 6.61 Å². The maximum Gasteiger partial charge on any atom is 0.313 e. The van der Waals surface area contributed by atoms with E-state index in [1.807, 2.05) is 31.2 Å². The minimum absolute atomic E-state index is 0.109. The zero-order valence-corrected chi connectivity index (χ0v) is 11.4. The lowest BCUT2D eigenvalue weighted by Gasteiger charge is -2.20. The second kappa shape index (κ2) is 5.19. The highest BCUT2D eigenvalue weighted by Gasteiger charge is 2.37. The number of esters is 1. The monoisotopic (exact) mass is 297 g/mol. The van der Waals surface area contributed by atoms with Crippen LogP contribution in [0.25, 0.3) is 0 Å². The Bertz CT molecular complexity index is 414. The normalized spacial score (nSPS) is 23.6. The van der Waals surface area contributed by atoms with E-state index >= 15 is 0 Å². The van der Waals surface area contributed by atoms with Gasteiger partial charge in [-0.2, -0.15) is 0 Å². The zero-order chi connectivity index (χ0) is 12.3. The van der Waals surface area contributed by atoms with Gasteiger partial charge in [-0.15, -0.1) is 0 Å². The summed E-state index contributed by atoms with van der Waals surface area (Å²) in [7, 11) is 0. The Morgan fingerprint density at radius 1 is 1.59 bits per heavy atom. The molecule has 2 rings (SSSR count). The largest absolute Gasteiger partial charge is 0.460 e. The Morgan fingerprint density at radius 3 is 3.06 bits per heavy atom. The summed E-state index contributed by atoms with van der Waals surface area (Å²) in [5, 5.41) is 3.19. The van der Waals surface area contributed by atoms with Crippen LogP contribution >= 0.6 is 15.9 Å². The van der Waals surface area contributed by atoms with Gasteiger partial charge in [0.15, 0.2) is 0 Å². The number of rotatable bonds is 3. The zero-order valence-electron chi connectivity index (χ0n) is 9.83. The smallest absolute Gasteiger partial charge is 0.313 e. The van der Waals surface area contributed by atoms with Crippen LogP contribution in [-0.4, -0.2) is 19.1 Å². The van der Waals surface area contributed by atoms with Crippen LogP contribution in [0.3, 0.4) is 0 Å². The van der Waals surface area contributed by atoms with Gasteiger partial charge in [-0.3, -0.25) is 4.79 Å². The van der Waals surface area contributed by atoms with Gasteiger partial charge in [0.2, 0.25) is 0 Å². The molecule has 92 valence electrons. The van der Waals surface area contributed by atoms with E-state index in [1.165, 1.54) is 0 Å². The summed E-state index contributed by atoms with van der Waals surface area (Å²) in [6.07, 6.45) is 0.852. The fraction of sp³-hybridized carbons (Fsp3) is 0.462.